The van der Waals surface area contributed by atoms with E-state index in [2.05, 4.69) is 5.23 Å². The minimum absolute atomic E-state index is 0.0934. The largest absolute Gasteiger partial charge is 0.437 e. The minimum Gasteiger partial charge on any atom is -0.437 e. The van der Waals surface area contributed by atoms with Crippen molar-refractivity contribution in [2.45, 2.75) is 50.9 Å². The molecule has 0 aromatic carbocycles. The minimum atomic E-state index is -0.847. The molecule has 1 aliphatic heterocycles. The highest BCUT2D eigenvalue weighted by Gasteiger charge is 2.18. The van der Waals surface area contributed by atoms with Gasteiger partial charge in [0.1, 0.15) is 0 Å². The van der Waals surface area contributed by atoms with Crippen LogP contribution in [0.4, 0.5) is 0 Å². The van der Waals surface area contributed by atoms with Crippen LogP contribution in [-0.4, -0.2) is 60.5 Å². The molecular weight excluding hydrogens is 261 g/mol. The third-order valence-corrected chi connectivity index (χ3v) is 3.12. The van der Waals surface area contributed by atoms with Gasteiger partial charge in [0.15, 0.2) is 6.29 Å². The first-order valence-electron chi connectivity index (χ1n) is 7.26. The van der Waals surface area contributed by atoms with Crippen LogP contribution < -0.4 is 5.23 Å². The Morgan fingerprint density at radius 3 is 2.90 bits per heavy atom. The van der Waals surface area contributed by atoms with Crippen LogP contribution in [0.2, 0.25) is 6.82 Å². The van der Waals surface area contributed by atoms with Crippen molar-refractivity contribution in [3.05, 3.63) is 12.2 Å². The molecule has 1 saturated heterocycles. The van der Waals surface area contributed by atoms with Gasteiger partial charge in [0.25, 0.3) is 0 Å². The summed E-state index contributed by atoms with van der Waals surface area (Å²) in [6, 6.07) is -0.575. The number of aliphatic hydroxyl groups excluding tert-OH is 2. The molecule has 1 fully saturated rings. The molecule has 0 spiro atoms. The molecule has 0 saturated carbocycles. The van der Waals surface area contributed by atoms with Gasteiger partial charge >= 0.3 is 7.05 Å². The summed E-state index contributed by atoms with van der Waals surface area (Å²) in [6.07, 6.45) is 6.32. The average Bonchev–Trinajstić information content (AvgIpc) is 2.45. The van der Waals surface area contributed by atoms with Crippen molar-refractivity contribution >= 4 is 7.05 Å². The Hall–Kier alpha value is -0.435. The standard InChI is InChI=1S/C13H26BNO5/c1-14(18)15-11(10-16)12(17)6-2-4-8-19-13-7-3-5-9-20-13/h2,6,11-13,15-18H,3-5,7-10H2,1H3/t11-,12+,13?/m1/s1. The highest BCUT2D eigenvalue weighted by molar-refractivity contribution is 6.45. The van der Waals surface area contributed by atoms with Gasteiger partial charge in [-0.3, -0.25) is 0 Å². The Labute approximate surface area is 120 Å². The third kappa shape index (κ3) is 7.37. The van der Waals surface area contributed by atoms with Crippen molar-refractivity contribution in [3.8, 4) is 0 Å². The number of hydrogen-bond acceptors (Lipinski definition) is 6. The van der Waals surface area contributed by atoms with Gasteiger partial charge in [-0.1, -0.05) is 12.2 Å². The molecule has 4 N–H and O–H groups in total. The lowest BCUT2D eigenvalue weighted by Gasteiger charge is -2.22. The topological polar surface area (TPSA) is 91.2 Å². The van der Waals surface area contributed by atoms with Crippen LogP contribution in [0, 0.1) is 0 Å². The molecule has 1 unspecified atom stereocenters. The van der Waals surface area contributed by atoms with E-state index in [4.69, 9.17) is 19.6 Å². The van der Waals surface area contributed by atoms with Crippen LogP contribution in [0.3, 0.4) is 0 Å². The van der Waals surface area contributed by atoms with E-state index >= 15 is 0 Å². The molecule has 7 heteroatoms. The number of ether oxygens (including phenoxy) is 2. The molecule has 20 heavy (non-hydrogen) atoms. The lowest BCUT2D eigenvalue weighted by Crippen LogP contribution is -2.48. The predicted molar refractivity (Wildman–Crippen MR) is 77.2 cm³/mol. The van der Waals surface area contributed by atoms with E-state index in [0.717, 1.165) is 25.9 Å². The molecule has 1 heterocycles. The van der Waals surface area contributed by atoms with Gasteiger partial charge < -0.3 is 29.9 Å². The maximum atomic E-state index is 9.82. The summed E-state index contributed by atoms with van der Waals surface area (Å²) in [6.45, 7) is 2.60. The Kier molecular flexibility index (Phi) is 9.09. The van der Waals surface area contributed by atoms with Gasteiger partial charge in [-0.25, -0.2) is 0 Å². The Balaban J connectivity index is 2.15. The van der Waals surface area contributed by atoms with Crippen LogP contribution in [0.15, 0.2) is 12.2 Å². The van der Waals surface area contributed by atoms with E-state index in [1.807, 2.05) is 0 Å². The second-order valence-electron chi connectivity index (χ2n) is 5.01. The van der Waals surface area contributed by atoms with Crippen LogP contribution in [-0.2, 0) is 9.47 Å². The van der Waals surface area contributed by atoms with Crippen LogP contribution in [0.1, 0.15) is 25.7 Å². The monoisotopic (exact) mass is 287 g/mol. The smallest absolute Gasteiger partial charge is 0.374 e. The molecule has 6 nitrogen and oxygen atoms in total. The zero-order valence-electron chi connectivity index (χ0n) is 12.1. The average molecular weight is 287 g/mol. The molecule has 0 amide bonds. The zero-order valence-corrected chi connectivity index (χ0v) is 12.1. The van der Waals surface area contributed by atoms with Crippen molar-refractivity contribution in [3.63, 3.8) is 0 Å². The summed E-state index contributed by atoms with van der Waals surface area (Å²) in [5, 5.41) is 30.8. The summed E-state index contributed by atoms with van der Waals surface area (Å²) in [5.74, 6) is 0. The quantitative estimate of drug-likeness (QED) is 0.269. The molecule has 0 aliphatic carbocycles. The second kappa shape index (κ2) is 10.3. The van der Waals surface area contributed by atoms with E-state index in [0.29, 0.717) is 13.0 Å². The SMILES string of the molecule is CB(O)N[C@H](CO)[C@@H](O)C=CCCOC1CCCCO1. The molecule has 1 rings (SSSR count). The van der Waals surface area contributed by atoms with E-state index in [9.17, 15) is 5.11 Å². The van der Waals surface area contributed by atoms with Crippen molar-refractivity contribution < 1.29 is 24.7 Å². The van der Waals surface area contributed by atoms with E-state index in [1.54, 1.807) is 12.2 Å². The van der Waals surface area contributed by atoms with Crippen LogP contribution in [0.5, 0.6) is 0 Å². The van der Waals surface area contributed by atoms with E-state index in [-0.39, 0.29) is 12.9 Å². The lowest BCUT2D eigenvalue weighted by atomic mass is 9.86. The van der Waals surface area contributed by atoms with Gasteiger partial charge in [0.05, 0.1) is 25.4 Å². The van der Waals surface area contributed by atoms with Gasteiger partial charge in [0, 0.05) is 6.61 Å². The molecule has 0 radical (unpaired) electrons. The highest BCUT2D eigenvalue weighted by atomic mass is 16.7. The lowest BCUT2D eigenvalue weighted by molar-refractivity contribution is -0.161. The summed E-state index contributed by atoms with van der Waals surface area (Å²) < 4.78 is 11.0. The Morgan fingerprint density at radius 2 is 2.30 bits per heavy atom. The summed E-state index contributed by atoms with van der Waals surface area (Å²) >= 11 is 0. The summed E-state index contributed by atoms with van der Waals surface area (Å²) in [4.78, 5) is 0. The van der Waals surface area contributed by atoms with Gasteiger partial charge in [0.2, 0.25) is 0 Å². The number of aliphatic hydroxyl groups is 2. The van der Waals surface area contributed by atoms with Crippen LogP contribution in [0.25, 0.3) is 0 Å². The van der Waals surface area contributed by atoms with Crippen molar-refractivity contribution in [2.24, 2.45) is 0 Å². The van der Waals surface area contributed by atoms with Gasteiger partial charge in [-0.2, -0.15) is 0 Å². The second-order valence-corrected chi connectivity index (χ2v) is 5.01. The first kappa shape index (κ1) is 17.6. The normalized spacial score (nSPS) is 22.9. The molecule has 0 bridgehead atoms. The molecule has 3 atom stereocenters. The first-order chi connectivity index (χ1) is 9.63. The van der Waals surface area contributed by atoms with Gasteiger partial charge in [-0.15, -0.1) is 0 Å². The molecule has 0 aromatic heterocycles. The Morgan fingerprint density at radius 1 is 1.50 bits per heavy atom. The first-order valence-corrected chi connectivity index (χ1v) is 7.26. The molecular formula is C13H26BNO5. The van der Waals surface area contributed by atoms with Crippen molar-refractivity contribution in [1.29, 1.82) is 0 Å². The van der Waals surface area contributed by atoms with Crippen LogP contribution >= 0.6 is 0 Å². The number of rotatable bonds is 9. The summed E-state index contributed by atoms with van der Waals surface area (Å²) in [5.41, 5.74) is 0. The fourth-order valence-electron chi connectivity index (χ4n) is 2.05. The van der Waals surface area contributed by atoms with E-state index in [1.165, 1.54) is 6.82 Å². The number of hydrogen-bond donors (Lipinski definition) is 4. The highest BCUT2D eigenvalue weighted by Crippen LogP contribution is 2.13. The zero-order chi connectivity index (χ0) is 14.8. The fraction of sp³-hybridized carbons (Fsp3) is 0.846. The third-order valence-electron chi connectivity index (χ3n) is 3.12. The fourth-order valence-corrected chi connectivity index (χ4v) is 2.05. The maximum Gasteiger partial charge on any atom is 0.374 e. The molecule has 0 aromatic rings. The van der Waals surface area contributed by atoms with Gasteiger partial charge in [-0.05, 0) is 32.5 Å². The van der Waals surface area contributed by atoms with Crippen molar-refractivity contribution in [1.82, 2.24) is 5.23 Å². The van der Waals surface area contributed by atoms with E-state index < -0.39 is 19.2 Å². The number of nitrogens with one attached hydrogen (secondary N) is 1. The van der Waals surface area contributed by atoms with Crippen molar-refractivity contribution in [2.75, 3.05) is 19.8 Å². The predicted octanol–water partition coefficient (Wildman–Crippen LogP) is -0.102. The molecule has 1 aliphatic rings. The summed E-state index contributed by atoms with van der Waals surface area (Å²) in [7, 11) is -0.776. The maximum absolute atomic E-state index is 9.82. The Bertz CT molecular complexity index is 271. The molecule has 116 valence electrons.